The second kappa shape index (κ2) is 6.49. The Bertz CT molecular complexity index is 450. The largest absolute Gasteiger partial charge is 0.397 e. The summed E-state index contributed by atoms with van der Waals surface area (Å²) < 4.78 is 23.2. The van der Waals surface area contributed by atoms with E-state index in [2.05, 4.69) is 5.32 Å². The number of amides is 1. The van der Waals surface area contributed by atoms with Crippen LogP contribution < -0.4 is 11.1 Å². The highest BCUT2D eigenvalue weighted by molar-refractivity contribution is 5.93. The Labute approximate surface area is 110 Å². The van der Waals surface area contributed by atoms with Crippen LogP contribution in [0.3, 0.4) is 0 Å². The number of carbonyl (C=O) groups is 1. The Morgan fingerprint density at radius 3 is 2.95 bits per heavy atom. The standard InChI is InChI=1S/C13H17FN2O3/c14-9-3-4-12(11(15)6-9)16-13(17)2-1-5-19-10-7-18-8-10/h3-4,6,10H,1-2,5,7-8,15H2,(H,16,17). The number of rotatable bonds is 6. The Morgan fingerprint density at radius 1 is 1.53 bits per heavy atom. The zero-order chi connectivity index (χ0) is 13.7. The fourth-order valence-corrected chi connectivity index (χ4v) is 1.65. The quantitative estimate of drug-likeness (QED) is 0.606. The third-order valence-corrected chi connectivity index (χ3v) is 2.80. The molecule has 1 saturated heterocycles. The van der Waals surface area contributed by atoms with Crippen LogP contribution >= 0.6 is 0 Å². The molecular weight excluding hydrogens is 251 g/mol. The minimum Gasteiger partial charge on any atom is -0.397 e. The maximum absolute atomic E-state index is 12.8. The van der Waals surface area contributed by atoms with Crippen LogP contribution in [0.1, 0.15) is 12.8 Å². The molecule has 1 fully saturated rings. The number of hydrogen-bond acceptors (Lipinski definition) is 4. The first-order valence-corrected chi connectivity index (χ1v) is 6.19. The van der Waals surface area contributed by atoms with Gasteiger partial charge in [0.25, 0.3) is 0 Å². The summed E-state index contributed by atoms with van der Waals surface area (Å²) >= 11 is 0. The molecule has 1 amide bonds. The highest BCUT2D eigenvalue weighted by atomic mass is 19.1. The zero-order valence-electron chi connectivity index (χ0n) is 10.5. The van der Waals surface area contributed by atoms with Crippen LogP contribution in [0.2, 0.25) is 0 Å². The van der Waals surface area contributed by atoms with Crippen molar-refractivity contribution in [3.8, 4) is 0 Å². The lowest BCUT2D eigenvalue weighted by molar-refractivity contribution is -0.131. The molecule has 2 rings (SSSR count). The predicted octanol–water partition coefficient (Wildman–Crippen LogP) is 1.54. The van der Waals surface area contributed by atoms with E-state index in [9.17, 15) is 9.18 Å². The van der Waals surface area contributed by atoms with Gasteiger partial charge in [-0.3, -0.25) is 4.79 Å². The average molecular weight is 268 g/mol. The van der Waals surface area contributed by atoms with Crippen molar-refractivity contribution in [2.75, 3.05) is 30.9 Å². The van der Waals surface area contributed by atoms with Gasteiger partial charge in [-0.1, -0.05) is 0 Å². The number of nitrogens with two attached hydrogens (primary N) is 1. The molecule has 6 heteroatoms. The van der Waals surface area contributed by atoms with Crippen LogP contribution in [0.5, 0.6) is 0 Å². The number of ether oxygens (including phenoxy) is 2. The molecule has 1 aliphatic rings. The van der Waals surface area contributed by atoms with Crippen LogP contribution in [-0.4, -0.2) is 31.8 Å². The van der Waals surface area contributed by atoms with Crippen LogP contribution in [-0.2, 0) is 14.3 Å². The molecule has 0 bridgehead atoms. The van der Waals surface area contributed by atoms with Crippen molar-refractivity contribution >= 4 is 17.3 Å². The second-order valence-corrected chi connectivity index (χ2v) is 4.41. The van der Waals surface area contributed by atoms with E-state index in [1.807, 2.05) is 0 Å². The molecule has 1 aromatic rings. The summed E-state index contributed by atoms with van der Waals surface area (Å²) in [5.74, 6) is -0.585. The number of hydrogen-bond donors (Lipinski definition) is 2. The Balaban J connectivity index is 1.68. The van der Waals surface area contributed by atoms with E-state index in [4.69, 9.17) is 15.2 Å². The lowest BCUT2D eigenvalue weighted by Gasteiger charge is -2.25. The minimum absolute atomic E-state index is 0.160. The number of nitrogens with one attached hydrogen (secondary N) is 1. The van der Waals surface area contributed by atoms with Crippen LogP contribution in [0.25, 0.3) is 0 Å². The first-order chi connectivity index (χ1) is 9.15. The van der Waals surface area contributed by atoms with Crippen molar-refractivity contribution in [2.24, 2.45) is 0 Å². The molecule has 0 spiro atoms. The number of benzene rings is 1. The van der Waals surface area contributed by atoms with Gasteiger partial charge in [0, 0.05) is 13.0 Å². The minimum atomic E-state index is -0.424. The topological polar surface area (TPSA) is 73.6 Å². The van der Waals surface area contributed by atoms with Crippen LogP contribution in [0, 0.1) is 5.82 Å². The Kier molecular flexibility index (Phi) is 4.70. The fraction of sp³-hybridized carbons (Fsp3) is 0.462. The van der Waals surface area contributed by atoms with Gasteiger partial charge in [-0.2, -0.15) is 0 Å². The normalized spacial score (nSPS) is 15.0. The van der Waals surface area contributed by atoms with Gasteiger partial charge in [-0.05, 0) is 24.6 Å². The van der Waals surface area contributed by atoms with Gasteiger partial charge in [-0.15, -0.1) is 0 Å². The molecule has 0 aromatic heterocycles. The summed E-state index contributed by atoms with van der Waals surface area (Å²) in [7, 11) is 0. The monoisotopic (exact) mass is 268 g/mol. The van der Waals surface area contributed by atoms with E-state index < -0.39 is 5.82 Å². The van der Waals surface area contributed by atoms with Crippen molar-refractivity contribution in [1.82, 2.24) is 0 Å². The SMILES string of the molecule is Nc1cc(F)ccc1NC(=O)CCCOC1COC1. The molecule has 5 nitrogen and oxygen atoms in total. The van der Waals surface area contributed by atoms with E-state index in [1.54, 1.807) is 0 Å². The van der Waals surface area contributed by atoms with E-state index in [0.29, 0.717) is 38.3 Å². The molecule has 1 aliphatic heterocycles. The number of carbonyl (C=O) groups excluding carboxylic acids is 1. The van der Waals surface area contributed by atoms with Gasteiger partial charge in [0.2, 0.25) is 5.91 Å². The Morgan fingerprint density at radius 2 is 2.32 bits per heavy atom. The van der Waals surface area contributed by atoms with Crippen molar-refractivity contribution < 1.29 is 18.7 Å². The zero-order valence-corrected chi connectivity index (χ0v) is 10.5. The third-order valence-electron chi connectivity index (χ3n) is 2.80. The van der Waals surface area contributed by atoms with E-state index in [0.717, 1.165) is 0 Å². The molecule has 1 heterocycles. The van der Waals surface area contributed by atoms with Crippen molar-refractivity contribution in [1.29, 1.82) is 0 Å². The smallest absolute Gasteiger partial charge is 0.224 e. The first kappa shape index (κ1) is 13.8. The molecule has 1 aromatic carbocycles. The van der Waals surface area contributed by atoms with Crippen molar-refractivity contribution in [2.45, 2.75) is 18.9 Å². The van der Waals surface area contributed by atoms with E-state index in [-0.39, 0.29) is 17.7 Å². The predicted molar refractivity (Wildman–Crippen MR) is 69.2 cm³/mol. The molecule has 0 unspecified atom stereocenters. The first-order valence-electron chi connectivity index (χ1n) is 6.19. The number of halogens is 1. The maximum atomic E-state index is 12.8. The van der Waals surface area contributed by atoms with Crippen LogP contribution in [0.15, 0.2) is 18.2 Å². The van der Waals surface area contributed by atoms with Crippen molar-refractivity contribution in [3.63, 3.8) is 0 Å². The van der Waals surface area contributed by atoms with Crippen LogP contribution in [0.4, 0.5) is 15.8 Å². The second-order valence-electron chi connectivity index (χ2n) is 4.41. The van der Waals surface area contributed by atoms with Gasteiger partial charge in [-0.25, -0.2) is 4.39 Å². The lowest BCUT2D eigenvalue weighted by atomic mass is 10.2. The molecule has 0 aliphatic carbocycles. The summed E-state index contributed by atoms with van der Waals surface area (Å²) in [4.78, 5) is 11.6. The summed E-state index contributed by atoms with van der Waals surface area (Å²) in [6.45, 7) is 1.80. The summed E-state index contributed by atoms with van der Waals surface area (Å²) in [6.07, 6.45) is 1.14. The lowest BCUT2D eigenvalue weighted by Crippen LogP contribution is -2.36. The van der Waals surface area contributed by atoms with Gasteiger partial charge < -0.3 is 20.5 Å². The molecule has 104 valence electrons. The average Bonchev–Trinajstić information content (AvgIpc) is 2.30. The highest BCUT2D eigenvalue weighted by Gasteiger charge is 2.18. The maximum Gasteiger partial charge on any atom is 0.224 e. The third kappa shape index (κ3) is 4.18. The molecule has 19 heavy (non-hydrogen) atoms. The van der Waals surface area contributed by atoms with Gasteiger partial charge in [0.05, 0.1) is 24.6 Å². The summed E-state index contributed by atoms with van der Waals surface area (Å²) in [6, 6.07) is 3.88. The summed E-state index contributed by atoms with van der Waals surface area (Å²) in [5, 5.41) is 2.64. The van der Waals surface area contributed by atoms with Gasteiger partial charge >= 0.3 is 0 Å². The molecule has 0 radical (unpaired) electrons. The molecule has 0 saturated carbocycles. The van der Waals surface area contributed by atoms with Gasteiger partial charge in [0.1, 0.15) is 11.9 Å². The molecular formula is C13H17FN2O3. The van der Waals surface area contributed by atoms with E-state index in [1.165, 1.54) is 18.2 Å². The number of nitrogen functional groups attached to an aromatic ring is 1. The van der Waals surface area contributed by atoms with Crippen molar-refractivity contribution in [3.05, 3.63) is 24.0 Å². The van der Waals surface area contributed by atoms with E-state index >= 15 is 0 Å². The Hall–Kier alpha value is -1.66. The molecule has 3 N–H and O–H groups in total. The fourth-order valence-electron chi connectivity index (χ4n) is 1.65. The highest BCUT2D eigenvalue weighted by Crippen LogP contribution is 2.19. The van der Waals surface area contributed by atoms with Gasteiger partial charge in [0.15, 0.2) is 0 Å². The summed E-state index contributed by atoms with van der Waals surface area (Å²) in [5.41, 5.74) is 6.25. The molecule has 0 atom stereocenters. The number of anilines is 2.